The van der Waals surface area contributed by atoms with Gasteiger partial charge in [-0.25, -0.2) is 0 Å². The van der Waals surface area contributed by atoms with Crippen LogP contribution in [0.4, 0.5) is 0 Å². The first-order chi connectivity index (χ1) is 5.99. The van der Waals surface area contributed by atoms with Gasteiger partial charge in [-0.3, -0.25) is 0 Å². The molecule has 2 fully saturated rings. The lowest BCUT2D eigenvalue weighted by molar-refractivity contribution is -0.0343. The Labute approximate surface area is 79.8 Å². The first-order valence-electron chi connectivity index (χ1n) is 5.43. The number of rotatable bonds is 0. The standard InChI is InChI=1S/C12H18O/c1-11(2)4-8-3-10-9(6-11)7-12(10,13)5-8/h6,8,10,13H,3-5,7H2,1-2H3. The maximum absolute atomic E-state index is 10.2. The van der Waals surface area contributed by atoms with Gasteiger partial charge in [0.05, 0.1) is 5.60 Å². The average molecular weight is 178 g/mol. The van der Waals surface area contributed by atoms with E-state index in [-0.39, 0.29) is 5.60 Å². The van der Waals surface area contributed by atoms with E-state index in [4.69, 9.17) is 0 Å². The molecule has 2 bridgehead atoms. The van der Waals surface area contributed by atoms with Gasteiger partial charge in [0, 0.05) is 5.92 Å². The molecule has 0 amide bonds. The van der Waals surface area contributed by atoms with Crippen molar-refractivity contribution in [3.05, 3.63) is 11.6 Å². The SMILES string of the molecule is CC1(C)C=C2CC3(O)CC(CC23)C1. The Bertz CT molecular complexity index is 289. The van der Waals surface area contributed by atoms with Crippen LogP contribution in [0.1, 0.15) is 39.5 Å². The van der Waals surface area contributed by atoms with Crippen molar-refractivity contribution in [3.8, 4) is 0 Å². The lowest BCUT2D eigenvalue weighted by Gasteiger charge is -2.45. The number of hydrogen-bond acceptors (Lipinski definition) is 1. The van der Waals surface area contributed by atoms with E-state index >= 15 is 0 Å². The molecule has 3 aliphatic rings. The number of fused-ring (bicyclic) bond motifs is 1. The Balaban J connectivity index is 2.02. The number of hydrogen-bond donors (Lipinski definition) is 1. The van der Waals surface area contributed by atoms with Crippen LogP contribution in [0.3, 0.4) is 0 Å². The van der Waals surface area contributed by atoms with Crippen LogP contribution in [-0.4, -0.2) is 10.7 Å². The number of allylic oxidation sites excluding steroid dienone is 1. The second-order valence-corrected chi connectivity index (χ2v) is 6.05. The van der Waals surface area contributed by atoms with Gasteiger partial charge in [-0.15, -0.1) is 0 Å². The van der Waals surface area contributed by atoms with E-state index in [2.05, 4.69) is 19.9 Å². The quantitative estimate of drug-likeness (QED) is 0.565. The highest BCUT2D eigenvalue weighted by Crippen LogP contribution is 2.61. The van der Waals surface area contributed by atoms with E-state index in [0.717, 1.165) is 18.8 Å². The third-order valence-corrected chi connectivity index (χ3v) is 4.21. The molecule has 2 saturated carbocycles. The highest BCUT2D eigenvalue weighted by Gasteiger charge is 2.57. The molecule has 1 nitrogen and oxygen atoms in total. The summed E-state index contributed by atoms with van der Waals surface area (Å²) in [5.41, 5.74) is 1.66. The minimum absolute atomic E-state index is 0.271. The Morgan fingerprint density at radius 1 is 1.38 bits per heavy atom. The van der Waals surface area contributed by atoms with E-state index in [1.54, 1.807) is 5.57 Å². The zero-order chi connectivity index (χ0) is 9.27. The van der Waals surface area contributed by atoms with Gasteiger partial charge < -0.3 is 5.11 Å². The van der Waals surface area contributed by atoms with Crippen molar-refractivity contribution < 1.29 is 5.11 Å². The fourth-order valence-electron chi connectivity index (χ4n) is 3.93. The predicted octanol–water partition coefficient (Wildman–Crippen LogP) is 2.50. The van der Waals surface area contributed by atoms with Crippen LogP contribution in [0.25, 0.3) is 0 Å². The summed E-state index contributed by atoms with van der Waals surface area (Å²) in [4.78, 5) is 0. The van der Waals surface area contributed by atoms with Gasteiger partial charge in [0.25, 0.3) is 0 Å². The summed E-state index contributed by atoms with van der Waals surface area (Å²) in [5, 5.41) is 10.2. The molecule has 0 aromatic heterocycles. The molecule has 3 aliphatic carbocycles. The largest absolute Gasteiger partial charge is 0.389 e. The van der Waals surface area contributed by atoms with E-state index < -0.39 is 0 Å². The van der Waals surface area contributed by atoms with E-state index in [1.165, 1.54) is 12.8 Å². The predicted molar refractivity (Wildman–Crippen MR) is 52.3 cm³/mol. The Morgan fingerprint density at radius 2 is 2.15 bits per heavy atom. The molecule has 0 aromatic rings. The fourth-order valence-corrected chi connectivity index (χ4v) is 3.93. The molecular weight excluding hydrogens is 160 g/mol. The molecular formula is C12H18O. The van der Waals surface area contributed by atoms with Crippen LogP contribution in [0.5, 0.6) is 0 Å². The Hall–Kier alpha value is -0.300. The summed E-state index contributed by atoms with van der Waals surface area (Å²) >= 11 is 0. The fraction of sp³-hybridized carbons (Fsp3) is 0.833. The minimum atomic E-state index is -0.271. The van der Waals surface area contributed by atoms with Crippen molar-refractivity contribution >= 4 is 0 Å². The first-order valence-corrected chi connectivity index (χ1v) is 5.43. The maximum atomic E-state index is 10.2. The highest BCUT2D eigenvalue weighted by molar-refractivity contribution is 5.32. The topological polar surface area (TPSA) is 20.2 Å². The van der Waals surface area contributed by atoms with Crippen molar-refractivity contribution in [2.24, 2.45) is 17.3 Å². The lowest BCUT2D eigenvalue weighted by Crippen LogP contribution is -2.45. The molecule has 72 valence electrons. The molecule has 1 N–H and O–H groups in total. The molecule has 0 aliphatic heterocycles. The van der Waals surface area contributed by atoms with Crippen molar-refractivity contribution in [2.45, 2.75) is 45.1 Å². The summed E-state index contributed by atoms with van der Waals surface area (Å²) in [7, 11) is 0. The lowest BCUT2D eigenvalue weighted by atomic mass is 9.65. The van der Waals surface area contributed by atoms with E-state index in [1.807, 2.05) is 0 Å². The van der Waals surface area contributed by atoms with E-state index in [0.29, 0.717) is 11.3 Å². The normalized spacial score (nSPS) is 50.8. The van der Waals surface area contributed by atoms with Crippen LogP contribution >= 0.6 is 0 Å². The molecule has 1 heteroatoms. The van der Waals surface area contributed by atoms with E-state index in [9.17, 15) is 5.11 Å². The maximum Gasteiger partial charge on any atom is 0.0752 e. The highest BCUT2D eigenvalue weighted by atomic mass is 16.3. The van der Waals surface area contributed by atoms with Crippen LogP contribution in [0, 0.1) is 17.3 Å². The zero-order valence-electron chi connectivity index (χ0n) is 8.51. The molecule has 13 heavy (non-hydrogen) atoms. The summed E-state index contributed by atoms with van der Waals surface area (Å²) < 4.78 is 0. The molecule has 3 rings (SSSR count). The summed E-state index contributed by atoms with van der Waals surface area (Å²) in [6.07, 6.45) is 7.00. The third kappa shape index (κ3) is 0.969. The van der Waals surface area contributed by atoms with Crippen molar-refractivity contribution in [1.82, 2.24) is 0 Å². The van der Waals surface area contributed by atoms with Crippen LogP contribution < -0.4 is 0 Å². The molecule has 0 aromatic carbocycles. The molecule has 0 radical (unpaired) electrons. The van der Waals surface area contributed by atoms with Gasteiger partial charge in [-0.2, -0.15) is 0 Å². The van der Waals surface area contributed by atoms with Gasteiger partial charge >= 0.3 is 0 Å². The summed E-state index contributed by atoms with van der Waals surface area (Å²) in [5.74, 6) is 1.32. The van der Waals surface area contributed by atoms with Crippen molar-refractivity contribution in [3.63, 3.8) is 0 Å². The van der Waals surface area contributed by atoms with Gasteiger partial charge in [0.2, 0.25) is 0 Å². The monoisotopic (exact) mass is 178 g/mol. The van der Waals surface area contributed by atoms with Gasteiger partial charge in [-0.05, 0) is 37.0 Å². The Morgan fingerprint density at radius 3 is 2.92 bits per heavy atom. The molecule has 3 atom stereocenters. The smallest absolute Gasteiger partial charge is 0.0752 e. The summed E-state index contributed by atoms with van der Waals surface area (Å²) in [6, 6.07) is 0. The van der Waals surface area contributed by atoms with Gasteiger partial charge in [0.1, 0.15) is 0 Å². The van der Waals surface area contributed by atoms with Crippen LogP contribution in [-0.2, 0) is 0 Å². The second-order valence-electron chi connectivity index (χ2n) is 6.05. The molecule has 0 spiro atoms. The Kier molecular flexibility index (Phi) is 1.26. The van der Waals surface area contributed by atoms with Crippen LogP contribution in [0.2, 0.25) is 0 Å². The third-order valence-electron chi connectivity index (χ3n) is 4.21. The zero-order valence-corrected chi connectivity index (χ0v) is 8.51. The van der Waals surface area contributed by atoms with Crippen LogP contribution in [0.15, 0.2) is 11.6 Å². The van der Waals surface area contributed by atoms with Crippen molar-refractivity contribution in [2.75, 3.05) is 0 Å². The van der Waals surface area contributed by atoms with Gasteiger partial charge in [-0.1, -0.05) is 25.5 Å². The average Bonchev–Trinajstić information content (AvgIpc) is 2.11. The molecule has 0 heterocycles. The summed E-state index contributed by atoms with van der Waals surface area (Å²) in [6.45, 7) is 4.66. The minimum Gasteiger partial charge on any atom is -0.389 e. The second kappa shape index (κ2) is 2.03. The molecule has 3 unspecified atom stereocenters. The van der Waals surface area contributed by atoms with Gasteiger partial charge in [0.15, 0.2) is 0 Å². The molecule has 0 saturated heterocycles. The number of aliphatic hydroxyl groups is 1. The van der Waals surface area contributed by atoms with Crippen molar-refractivity contribution in [1.29, 1.82) is 0 Å². The first kappa shape index (κ1) is 8.05.